The molecular weight excluding hydrogens is 306 g/mol. The Morgan fingerprint density at radius 3 is 2.82 bits per heavy atom. The number of amides is 1. The molecule has 1 aromatic heterocycles. The van der Waals surface area contributed by atoms with Crippen molar-refractivity contribution in [2.75, 3.05) is 11.3 Å². The van der Waals surface area contributed by atoms with E-state index in [1.54, 1.807) is 6.92 Å². The Balaban J connectivity index is 2.24. The van der Waals surface area contributed by atoms with Crippen LogP contribution in [-0.4, -0.2) is 26.0 Å². The number of hydrogen-bond donors (Lipinski definition) is 2. The molecule has 0 saturated carbocycles. The number of hydrogen-bond acceptors (Lipinski definition) is 5. The third-order valence-electron chi connectivity index (χ3n) is 2.68. The van der Waals surface area contributed by atoms with Crippen molar-refractivity contribution in [1.29, 1.82) is 0 Å². The molecule has 0 spiro atoms. The molecule has 0 unspecified atom stereocenters. The first-order valence-corrected chi connectivity index (χ1v) is 7.86. The van der Waals surface area contributed by atoms with Crippen LogP contribution in [0.5, 0.6) is 0 Å². The lowest BCUT2D eigenvalue weighted by molar-refractivity contribution is 0.0958. The third-order valence-corrected chi connectivity index (χ3v) is 4.03. The maximum absolute atomic E-state index is 12.3. The van der Waals surface area contributed by atoms with E-state index in [4.69, 9.17) is 4.52 Å². The first-order valence-electron chi connectivity index (χ1n) is 6.37. The van der Waals surface area contributed by atoms with E-state index in [0.29, 0.717) is 12.3 Å². The molecule has 2 N–H and O–H groups in total. The van der Waals surface area contributed by atoms with Crippen LogP contribution in [0.15, 0.2) is 52.4 Å². The lowest BCUT2D eigenvalue weighted by atomic mass is 10.2. The van der Waals surface area contributed by atoms with Gasteiger partial charge in [0, 0.05) is 18.2 Å². The van der Waals surface area contributed by atoms with Crippen LogP contribution in [0.3, 0.4) is 0 Å². The van der Waals surface area contributed by atoms with Crippen LogP contribution in [0.25, 0.3) is 0 Å². The second-order valence-electron chi connectivity index (χ2n) is 4.45. The summed E-state index contributed by atoms with van der Waals surface area (Å²) in [7, 11) is -3.85. The quantitative estimate of drug-likeness (QED) is 0.789. The number of anilines is 1. The molecule has 22 heavy (non-hydrogen) atoms. The predicted octanol–water partition coefficient (Wildman–Crippen LogP) is 1.70. The van der Waals surface area contributed by atoms with Gasteiger partial charge in [0.2, 0.25) is 0 Å². The second-order valence-corrected chi connectivity index (χ2v) is 6.14. The van der Waals surface area contributed by atoms with E-state index in [9.17, 15) is 13.2 Å². The highest BCUT2D eigenvalue weighted by atomic mass is 32.2. The van der Waals surface area contributed by atoms with E-state index in [0.717, 1.165) is 0 Å². The van der Waals surface area contributed by atoms with E-state index in [2.05, 4.69) is 21.8 Å². The second kappa shape index (κ2) is 6.44. The first-order chi connectivity index (χ1) is 10.4. The van der Waals surface area contributed by atoms with E-state index < -0.39 is 10.0 Å². The molecule has 0 aliphatic heterocycles. The fourth-order valence-corrected chi connectivity index (χ4v) is 2.71. The Morgan fingerprint density at radius 2 is 2.18 bits per heavy atom. The van der Waals surface area contributed by atoms with Gasteiger partial charge in [0.25, 0.3) is 15.9 Å². The molecule has 0 atom stereocenters. The fourth-order valence-electron chi connectivity index (χ4n) is 1.68. The van der Waals surface area contributed by atoms with Gasteiger partial charge in [0.15, 0.2) is 5.82 Å². The van der Waals surface area contributed by atoms with Crippen LogP contribution in [0.2, 0.25) is 0 Å². The van der Waals surface area contributed by atoms with Gasteiger partial charge in [-0.2, -0.15) is 0 Å². The van der Waals surface area contributed by atoms with Gasteiger partial charge < -0.3 is 9.84 Å². The van der Waals surface area contributed by atoms with Gasteiger partial charge in [-0.3, -0.25) is 9.52 Å². The maximum Gasteiger partial charge on any atom is 0.263 e. The largest absolute Gasteiger partial charge is 0.360 e. The zero-order valence-electron chi connectivity index (χ0n) is 11.9. The van der Waals surface area contributed by atoms with Gasteiger partial charge in [-0.25, -0.2) is 8.42 Å². The lowest BCUT2D eigenvalue weighted by Gasteiger charge is -2.07. The Labute approximate surface area is 128 Å². The van der Waals surface area contributed by atoms with Crippen molar-refractivity contribution >= 4 is 21.7 Å². The van der Waals surface area contributed by atoms with Crippen molar-refractivity contribution in [3.8, 4) is 0 Å². The molecule has 116 valence electrons. The summed E-state index contributed by atoms with van der Waals surface area (Å²) < 4.78 is 31.6. The van der Waals surface area contributed by atoms with Crippen LogP contribution >= 0.6 is 0 Å². The monoisotopic (exact) mass is 321 g/mol. The van der Waals surface area contributed by atoms with Gasteiger partial charge in [0.1, 0.15) is 5.76 Å². The number of aromatic nitrogens is 1. The Morgan fingerprint density at radius 1 is 1.41 bits per heavy atom. The Kier molecular flexibility index (Phi) is 4.62. The molecule has 0 aliphatic rings. The van der Waals surface area contributed by atoms with E-state index in [1.807, 2.05) is 0 Å². The highest BCUT2D eigenvalue weighted by molar-refractivity contribution is 7.92. The molecule has 2 rings (SSSR count). The summed E-state index contributed by atoms with van der Waals surface area (Å²) in [6.07, 6.45) is 1.53. The predicted molar refractivity (Wildman–Crippen MR) is 81.0 cm³/mol. The number of sulfonamides is 1. The van der Waals surface area contributed by atoms with E-state index in [-0.39, 0.29) is 22.2 Å². The molecular formula is C14H15N3O4S. The number of carbonyl (C=O) groups excluding carboxylic acids is 1. The van der Waals surface area contributed by atoms with Gasteiger partial charge in [0.05, 0.1) is 4.90 Å². The van der Waals surface area contributed by atoms with E-state index in [1.165, 1.54) is 36.4 Å². The summed E-state index contributed by atoms with van der Waals surface area (Å²) in [5.41, 5.74) is 0.237. The zero-order chi connectivity index (χ0) is 16.2. The zero-order valence-corrected chi connectivity index (χ0v) is 12.7. The summed E-state index contributed by atoms with van der Waals surface area (Å²) in [4.78, 5) is 11.8. The average Bonchev–Trinajstić information content (AvgIpc) is 2.89. The van der Waals surface area contributed by atoms with Crippen molar-refractivity contribution in [3.63, 3.8) is 0 Å². The van der Waals surface area contributed by atoms with Gasteiger partial charge in [-0.05, 0) is 25.1 Å². The Bertz CT molecular complexity index is 796. The number of nitrogens with zero attached hydrogens (tertiary/aromatic N) is 1. The molecule has 0 bridgehead atoms. The SMILES string of the molecule is C=CCNC(=O)c1cccc(S(=O)(=O)Nc2cc(C)on2)c1. The minimum Gasteiger partial charge on any atom is -0.360 e. The van der Waals surface area contributed by atoms with Crippen molar-refractivity contribution < 1.29 is 17.7 Å². The minimum atomic E-state index is -3.85. The molecule has 0 fully saturated rings. The summed E-state index contributed by atoms with van der Waals surface area (Å²) in [5, 5.41) is 6.15. The topological polar surface area (TPSA) is 101 Å². The highest BCUT2D eigenvalue weighted by Gasteiger charge is 2.18. The number of aryl methyl sites for hydroxylation is 1. The van der Waals surface area contributed by atoms with Gasteiger partial charge in [-0.15, -0.1) is 6.58 Å². The molecule has 1 aromatic carbocycles. The normalized spacial score (nSPS) is 11.0. The molecule has 2 aromatic rings. The number of benzene rings is 1. The maximum atomic E-state index is 12.3. The van der Waals surface area contributed by atoms with Crippen LogP contribution in [0.4, 0.5) is 5.82 Å². The molecule has 1 heterocycles. The van der Waals surface area contributed by atoms with Crippen LogP contribution < -0.4 is 10.0 Å². The number of rotatable bonds is 6. The average molecular weight is 321 g/mol. The van der Waals surface area contributed by atoms with Gasteiger partial charge in [-0.1, -0.05) is 17.3 Å². The third kappa shape index (κ3) is 3.73. The minimum absolute atomic E-state index is 0.0422. The van der Waals surface area contributed by atoms with Crippen molar-refractivity contribution in [2.24, 2.45) is 0 Å². The smallest absolute Gasteiger partial charge is 0.263 e. The summed E-state index contributed by atoms with van der Waals surface area (Å²) in [6, 6.07) is 7.15. The van der Waals surface area contributed by atoms with Gasteiger partial charge >= 0.3 is 0 Å². The Hall–Kier alpha value is -2.61. The number of nitrogens with one attached hydrogen (secondary N) is 2. The number of carbonyl (C=O) groups is 1. The molecule has 0 aliphatic carbocycles. The van der Waals surface area contributed by atoms with Crippen LogP contribution in [0.1, 0.15) is 16.1 Å². The molecule has 8 heteroatoms. The summed E-state index contributed by atoms with van der Waals surface area (Å²) >= 11 is 0. The first kappa shape index (κ1) is 15.8. The highest BCUT2D eigenvalue weighted by Crippen LogP contribution is 2.17. The molecule has 7 nitrogen and oxygen atoms in total. The fraction of sp³-hybridized carbons (Fsp3) is 0.143. The lowest BCUT2D eigenvalue weighted by Crippen LogP contribution is -2.23. The van der Waals surface area contributed by atoms with Crippen molar-refractivity contribution in [2.45, 2.75) is 11.8 Å². The standard InChI is InChI=1S/C14H15N3O4S/c1-3-7-15-14(18)11-5-4-6-12(9-11)22(19,20)17-13-8-10(2)21-16-13/h3-6,8-9H,1,7H2,2H3,(H,15,18)(H,16,17). The van der Waals surface area contributed by atoms with Crippen LogP contribution in [-0.2, 0) is 10.0 Å². The molecule has 1 amide bonds. The summed E-state index contributed by atoms with van der Waals surface area (Å²) in [6.45, 7) is 5.44. The molecule has 0 radical (unpaired) electrons. The van der Waals surface area contributed by atoms with Crippen molar-refractivity contribution in [1.82, 2.24) is 10.5 Å². The van der Waals surface area contributed by atoms with Crippen LogP contribution in [0, 0.1) is 6.92 Å². The van der Waals surface area contributed by atoms with E-state index >= 15 is 0 Å². The summed E-state index contributed by atoms with van der Waals surface area (Å²) in [5.74, 6) is 0.184. The molecule has 0 saturated heterocycles. The van der Waals surface area contributed by atoms with Crippen molar-refractivity contribution in [3.05, 3.63) is 54.3 Å².